The van der Waals surface area contributed by atoms with Crippen molar-refractivity contribution in [1.29, 1.82) is 0 Å². The molecule has 0 radical (unpaired) electrons. The Balaban J connectivity index is 1.69. The van der Waals surface area contributed by atoms with E-state index in [0.29, 0.717) is 6.54 Å². The van der Waals surface area contributed by atoms with E-state index in [4.69, 9.17) is 0 Å². The van der Waals surface area contributed by atoms with Crippen LogP contribution in [0.5, 0.6) is 0 Å². The standard InChI is InChI=1S/C18H20BrN5O/c19-17-10-22-18-16(21-9-13-3-1-5-20-8-13)7-15(11-24(17)18)23-6-2-4-14(23)12-25/h1,3,5,7-8,10-11,14,21,25H,2,4,6,9,12H2/t14-/m0/s1. The summed E-state index contributed by atoms with van der Waals surface area (Å²) in [7, 11) is 0. The molecule has 0 bridgehead atoms. The molecule has 0 amide bonds. The molecule has 1 saturated heterocycles. The molecule has 25 heavy (non-hydrogen) atoms. The Morgan fingerprint density at radius 2 is 2.28 bits per heavy atom. The van der Waals surface area contributed by atoms with Gasteiger partial charge in [0.2, 0.25) is 0 Å². The summed E-state index contributed by atoms with van der Waals surface area (Å²) in [5, 5.41) is 13.1. The summed E-state index contributed by atoms with van der Waals surface area (Å²) in [5.41, 5.74) is 4.05. The maximum Gasteiger partial charge on any atom is 0.161 e. The normalized spacial score (nSPS) is 17.4. The summed E-state index contributed by atoms with van der Waals surface area (Å²) in [6, 6.07) is 6.29. The van der Waals surface area contributed by atoms with Crippen LogP contribution in [0.1, 0.15) is 18.4 Å². The lowest BCUT2D eigenvalue weighted by atomic mass is 10.2. The van der Waals surface area contributed by atoms with Gasteiger partial charge in [-0.1, -0.05) is 6.07 Å². The molecule has 0 aliphatic carbocycles. The second-order valence-corrected chi connectivity index (χ2v) is 7.09. The van der Waals surface area contributed by atoms with Gasteiger partial charge in [0.05, 0.1) is 30.2 Å². The van der Waals surface area contributed by atoms with Gasteiger partial charge in [0, 0.05) is 31.7 Å². The third-order valence-electron chi connectivity index (χ3n) is 4.67. The first kappa shape index (κ1) is 16.4. The van der Waals surface area contributed by atoms with Crippen molar-refractivity contribution in [2.45, 2.75) is 25.4 Å². The van der Waals surface area contributed by atoms with Crippen LogP contribution in [0.4, 0.5) is 11.4 Å². The van der Waals surface area contributed by atoms with E-state index in [0.717, 1.165) is 46.6 Å². The number of anilines is 2. The molecule has 130 valence electrons. The average Bonchev–Trinajstić information content (AvgIpc) is 3.27. The number of imidazole rings is 1. The van der Waals surface area contributed by atoms with E-state index in [1.165, 1.54) is 0 Å². The second kappa shape index (κ2) is 7.01. The van der Waals surface area contributed by atoms with Gasteiger partial charge in [-0.25, -0.2) is 4.98 Å². The van der Waals surface area contributed by atoms with Crippen LogP contribution in [0.3, 0.4) is 0 Å². The van der Waals surface area contributed by atoms with Crippen LogP contribution in [0.2, 0.25) is 0 Å². The molecule has 2 N–H and O–H groups in total. The van der Waals surface area contributed by atoms with Crippen LogP contribution < -0.4 is 10.2 Å². The third-order valence-corrected chi connectivity index (χ3v) is 5.26. The zero-order chi connectivity index (χ0) is 17.2. The van der Waals surface area contributed by atoms with Crippen LogP contribution in [0.15, 0.2) is 47.6 Å². The van der Waals surface area contributed by atoms with Gasteiger partial charge in [0.25, 0.3) is 0 Å². The lowest BCUT2D eigenvalue weighted by Gasteiger charge is -2.26. The van der Waals surface area contributed by atoms with E-state index < -0.39 is 0 Å². The molecule has 4 heterocycles. The van der Waals surface area contributed by atoms with Crippen LogP contribution in [0, 0.1) is 0 Å². The number of halogens is 1. The number of aliphatic hydroxyl groups excluding tert-OH is 1. The van der Waals surface area contributed by atoms with Crippen LogP contribution in [0.25, 0.3) is 5.65 Å². The molecule has 1 fully saturated rings. The maximum absolute atomic E-state index is 9.65. The fourth-order valence-electron chi connectivity index (χ4n) is 3.40. The molecule has 0 saturated carbocycles. The highest BCUT2D eigenvalue weighted by molar-refractivity contribution is 9.10. The predicted molar refractivity (Wildman–Crippen MR) is 102 cm³/mol. The van der Waals surface area contributed by atoms with Crippen LogP contribution >= 0.6 is 15.9 Å². The van der Waals surface area contributed by atoms with Gasteiger partial charge in [-0.3, -0.25) is 9.38 Å². The Morgan fingerprint density at radius 3 is 3.08 bits per heavy atom. The lowest BCUT2D eigenvalue weighted by molar-refractivity contribution is 0.266. The van der Waals surface area contributed by atoms with Crippen LogP contribution in [-0.4, -0.2) is 38.7 Å². The van der Waals surface area contributed by atoms with Gasteiger partial charge in [0.15, 0.2) is 5.65 Å². The van der Waals surface area contributed by atoms with Crippen molar-refractivity contribution in [3.05, 3.63) is 53.2 Å². The fourth-order valence-corrected chi connectivity index (χ4v) is 3.77. The van der Waals surface area contributed by atoms with Crippen molar-refractivity contribution in [3.63, 3.8) is 0 Å². The van der Waals surface area contributed by atoms with Crippen LogP contribution in [-0.2, 0) is 6.54 Å². The van der Waals surface area contributed by atoms with E-state index in [1.54, 1.807) is 6.20 Å². The van der Waals surface area contributed by atoms with Gasteiger partial charge in [-0.15, -0.1) is 0 Å². The number of pyridine rings is 2. The number of nitrogens with zero attached hydrogens (tertiary/aromatic N) is 4. The van der Waals surface area contributed by atoms with Gasteiger partial charge in [0.1, 0.15) is 4.60 Å². The molecule has 3 aromatic rings. The van der Waals surface area contributed by atoms with Crippen molar-refractivity contribution in [2.24, 2.45) is 0 Å². The molecule has 4 rings (SSSR count). The first-order valence-corrected chi connectivity index (χ1v) is 9.22. The molecule has 1 aliphatic rings. The molecule has 1 atom stereocenters. The smallest absolute Gasteiger partial charge is 0.161 e. The summed E-state index contributed by atoms with van der Waals surface area (Å²) < 4.78 is 2.95. The minimum absolute atomic E-state index is 0.182. The third kappa shape index (κ3) is 3.21. The molecule has 3 aromatic heterocycles. The minimum Gasteiger partial charge on any atom is -0.394 e. The molecular formula is C18H20BrN5O. The summed E-state index contributed by atoms with van der Waals surface area (Å²) >= 11 is 3.57. The Kier molecular flexibility index (Phi) is 4.59. The summed E-state index contributed by atoms with van der Waals surface area (Å²) in [4.78, 5) is 10.9. The van der Waals surface area contributed by atoms with Crippen molar-refractivity contribution in [3.8, 4) is 0 Å². The average molecular weight is 402 g/mol. The van der Waals surface area contributed by atoms with E-state index in [2.05, 4.69) is 48.4 Å². The highest BCUT2D eigenvalue weighted by Crippen LogP contribution is 2.31. The fraction of sp³-hybridized carbons (Fsp3) is 0.333. The molecule has 0 spiro atoms. The molecule has 6 nitrogen and oxygen atoms in total. The number of aromatic nitrogens is 3. The van der Waals surface area contributed by atoms with E-state index in [9.17, 15) is 5.11 Å². The predicted octanol–water partition coefficient (Wildman–Crippen LogP) is 3.07. The zero-order valence-electron chi connectivity index (χ0n) is 13.8. The highest BCUT2D eigenvalue weighted by atomic mass is 79.9. The first-order chi connectivity index (χ1) is 12.3. The van der Waals surface area contributed by atoms with E-state index in [-0.39, 0.29) is 12.6 Å². The van der Waals surface area contributed by atoms with Crippen molar-refractivity contribution < 1.29 is 5.11 Å². The number of rotatable bonds is 5. The molecule has 0 unspecified atom stereocenters. The lowest BCUT2D eigenvalue weighted by Crippen LogP contribution is -2.32. The largest absolute Gasteiger partial charge is 0.394 e. The highest BCUT2D eigenvalue weighted by Gasteiger charge is 2.25. The van der Waals surface area contributed by atoms with Gasteiger partial charge in [-0.2, -0.15) is 0 Å². The number of hydrogen-bond acceptors (Lipinski definition) is 5. The first-order valence-electron chi connectivity index (χ1n) is 8.43. The Bertz CT molecular complexity index is 867. The minimum atomic E-state index is 0.182. The van der Waals surface area contributed by atoms with Gasteiger partial charge < -0.3 is 15.3 Å². The summed E-state index contributed by atoms with van der Waals surface area (Å²) in [6.45, 7) is 1.83. The zero-order valence-corrected chi connectivity index (χ0v) is 15.4. The number of fused-ring (bicyclic) bond motifs is 1. The maximum atomic E-state index is 9.65. The molecule has 0 aromatic carbocycles. The molecular weight excluding hydrogens is 382 g/mol. The summed E-state index contributed by atoms with van der Waals surface area (Å²) in [6.07, 6.45) is 9.65. The SMILES string of the molecule is OC[C@@H]1CCCN1c1cc(NCc2cccnc2)c2ncc(Br)n2c1. The Hall–Kier alpha value is -2.12. The Morgan fingerprint density at radius 1 is 1.36 bits per heavy atom. The number of hydrogen-bond donors (Lipinski definition) is 2. The molecule has 1 aliphatic heterocycles. The van der Waals surface area contributed by atoms with Crippen molar-refractivity contribution in [1.82, 2.24) is 14.4 Å². The summed E-state index contributed by atoms with van der Waals surface area (Å²) in [5.74, 6) is 0. The van der Waals surface area contributed by atoms with Crippen molar-refractivity contribution >= 4 is 33.0 Å². The quantitative estimate of drug-likeness (QED) is 0.687. The number of aliphatic hydroxyl groups is 1. The monoisotopic (exact) mass is 401 g/mol. The van der Waals surface area contributed by atoms with Gasteiger partial charge in [-0.05, 0) is 46.5 Å². The topological polar surface area (TPSA) is 65.7 Å². The van der Waals surface area contributed by atoms with Crippen molar-refractivity contribution in [2.75, 3.05) is 23.4 Å². The van der Waals surface area contributed by atoms with Gasteiger partial charge >= 0.3 is 0 Å². The Labute approximate surface area is 154 Å². The number of nitrogens with one attached hydrogen (secondary N) is 1. The van der Waals surface area contributed by atoms with E-state index >= 15 is 0 Å². The van der Waals surface area contributed by atoms with E-state index in [1.807, 2.05) is 28.9 Å². The molecule has 7 heteroatoms. The second-order valence-electron chi connectivity index (χ2n) is 6.27.